The second-order valence-electron chi connectivity index (χ2n) is 6.12. The topological polar surface area (TPSA) is 103 Å². The summed E-state index contributed by atoms with van der Waals surface area (Å²) >= 11 is 0. The largest absolute Gasteiger partial charge is 0.493 e. The van der Waals surface area contributed by atoms with Gasteiger partial charge in [0.05, 0.1) is 32.3 Å². The summed E-state index contributed by atoms with van der Waals surface area (Å²) in [6.45, 7) is 7.89. The van der Waals surface area contributed by atoms with E-state index in [0.717, 1.165) is 5.56 Å². The Hall–Kier alpha value is -1.99. The molecule has 0 saturated heterocycles. The smallest absolute Gasteiger partial charge is 0.239 e. The van der Waals surface area contributed by atoms with Crippen molar-refractivity contribution in [2.75, 3.05) is 20.3 Å². The predicted molar refractivity (Wildman–Crippen MR) is 104 cm³/mol. The maximum absolute atomic E-state index is 12.0. The van der Waals surface area contributed by atoms with Crippen molar-refractivity contribution in [3.63, 3.8) is 0 Å². The van der Waals surface area contributed by atoms with Crippen molar-refractivity contribution in [1.29, 1.82) is 0 Å². The number of carbonyl (C=O) groups excluding carboxylic acids is 2. The van der Waals surface area contributed by atoms with Crippen molar-refractivity contribution in [3.05, 3.63) is 23.8 Å². The summed E-state index contributed by atoms with van der Waals surface area (Å²) in [5, 5.41) is 5.38. The monoisotopic (exact) mass is 387 g/mol. The highest BCUT2D eigenvalue weighted by atomic mass is 35.5. The summed E-state index contributed by atoms with van der Waals surface area (Å²) in [4.78, 5) is 23.8. The molecule has 0 aromatic heterocycles. The minimum absolute atomic E-state index is 0. The fraction of sp³-hybridized carbons (Fsp3) is 0.556. The number of ether oxygens (including phenoxy) is 2. The highest BCUT2D eigenvalue weighted by molar-refractivity contribution is 5.87. The first-order chi connectivity index (χ1) is 11.8. The van der Waals surface area contributed by atoms with Gasteiger partial charge in [0, 0.05) is 0 Å². The first-order valence-electron chi connectivity index (χ1n) is 8.43. The third-order valence-electron chi connectivity index (χ3n) is 3.81. The van der Waals surface area contributed by atoms with Crippen molar-refractivity contribution < 1.29 is 19.1 Å². The molecule has 0 aliphatic heterocycles. The van der Waals surface area contributed by atoms with Crippen LogP contribution < -0.4 is 25.8 Å². The fourth-order valence-corrected chi connectivity index (χ4v) is 2.19. The Morgan fingerprint density at radius 1 is 1.19 bits per heavy atom. The van der Waals surface area contributed by atoms with Gasteiger partial charge in [-0.15, -0.1) is 12.4 Å². The number of hydrogen-bond donors (Lipinski definition) is 3. The molecule has 148 valence electrons. The first-order valence-corrected chi connectivity index (χ1v) is 8.43. The Morgan fingerprint density at radius 3 is 2.38 bits per heavy atom. The van der Waals surface area contributed by atoms with Gasteiger partial charge in [-0.1, -0.05) is 19.9 Å². The number of hydrogen-bond acceptors (Lipinski definition) is 5. The van der Waals surface area contributed by atoms with Crippen molar-refractivity contribution in [3.8, 4) is 11.5 Å². The van der Waals surface area contributed by atoms with Crippen LogP contribution in [0.4, 0.5) is 0 Å². The number of rotatable bonds is 9. The van der Waals surface area contributed by atoms with Gasteiger partial charge in [-0.2, -0.15) is 0 Å². The van der Waals surface area contributed by atoms with Crippen LogP contribution in [0, 0.1) is 5.92 Å². The Labute approximate surface area is 161 Å². The lowest BCUT2D eigenvalue weighted by Gasteiger charge is -2.18. The van der Waals surface area contributed by atoms with E-state index in [2.05, 4.69) is 10.6 Å². The Balaban J connectivity index is 0.00000625. The van der Waals surface area contributed by atoms with E-state index in [1.807, 2.05) is 45.9 Å². The molecule has 4 N–H and O–H groups in total. The van der Waals surface area contributed by atoms with Crippen LogP contribution in [-0.2, 0) is 9.59 Å². The zero-order valence-corrected chi connectivity index (χ0v) is 16.8. The van der Waals surface area contributed by atoms with E-state index in [0.29, 0.717) is 18.1 Å². The van der Waals surface area contributed by atoms with Crippen LogP contribution in [-0.4, -0.2) is 38.1 Å². The molecule has 0 spiro atoms. The van der Waals surface area contributed by atoms with Gasteiger partial charge in [-0.25, -0.2) is 0 Å². The van der Waals surface area contributed by atoms with Gasteiger partial charge in [0.1, 0.15) is 0 Å². The van der Waals surface area contributed by atoms with Gasteiger partial charge in [0.15, 0.2) is 11.5 Å². The van der Waals surface area contributed by atoms with E-state index >= 15 is 0 Å². The van der Waals surface area contributed by atoms with Crippen LogP contribution in [0.5, 0.6) is 11.5 Å². The number of benzene rings is 1. The molecule has 1 aromatic rings. The van der Waals surface area contributed by atoms with Gasteiger partial charge in [0.25, 0.3) is 0 Å². The molecule has 1 aromatic carbocycles. The third-order valence-corrected chi connectivity index (χ3v) is 3.81. The van der Waals surface area contributed by atoms with Crippen molar-refractivity contribution >= 4 is 24.2 Å². The van der Waals surface area contributed by atoms with E-state index in [1.165, 1.54) is 0 Å². The first kappa shape index (κ1) is 24.0. The summed E-state index contributed by atoms with van der Waals surface area (Å²) in [6, 6.07) is 4.63. The van der Waals surface area contributed by atoms with E-state index in [1.54, 1.807) is 7.11 Å². The molecule has 0 bridgehead atoms. The molecule has 1 rings (SSSR count). The molecular weight excluding hydrogens is 358 g/mol. The van der Waals surface area contributed by atoms with E-state index in [4.69, 9.17) is 15.2 Å². The third kappa shape index (κ3) is 7.09. The zero-order valence-electron chi connectivity index (χ0n) is 16.0. The highest BCUT2D eigenvalue weighted by Crippen LogP contribution is 2.30. The van der Waals surface area contributed by atoms with Crippen LogP contribution in [0.3, 0.4) is 0 Å². The van der Waals surface area contributed by atoms with Crippen molar-refractivity contribution in [1.82, 2.24) is 10.6 Å². The number of nitrogens with two attached hydrogens (primary N) is 1. The lowest BCUT2D eigenvalue weighted by Crippen LogP contribution is -2.47. The van der Waals surface area contributed by atoms with Crippen molar-refractivity contribution in [2.24, 2.45) is 11.7 Å². The molecule has 2 atom stereocenters. The van der Waals surface area contributed by atoms with E-state index in [-0.39, 0.29) is 42.7 Å². The van der Waals surface area contributed by atoms with Gasteiger partial charge in [0.2, 0.25) is 11.8 Å². The van der Waals surface area contributed by atoms with Crippen LogP contribution in [0.2, 0.25) is 0 Å². The number of carbonyl (C=O) groups is 2. The van der Waals surface area contributed by atoms with Gasteiger partial charge in [-0.05, 0) is 37.5 Å². The summed E-state index contributed by atoms with van der Waals surface area (Å²) in [5.41, 5.74) is 6.61. The predicted octanol–water partition coefficient (Wildman–Crippen LogP) is 1.79. The number of nitrogens with one attached hydrogen (secondary N) is 2. The van der Waals surface area contributed by atoms with E-state index in [9.17, 15) is 9.59 Å². The van der Waals surface area contributed by atoms with Gasteiger partial charge < -0.3 is 25.8 Å². The van der Waals surface area contributed by atoms with Crippen LogP contribution in [0.25, 0.3) is 0 Å². The maximum Gasteiger partial charge on any atom is 0.239 e. The molecule has 8 heteroatoms. The Bertz CT molecular complexity index is 596. The molecule has 2 amide bonds. The normalized spacial score (nSPS) is 12.6. The standard InChI is InChI=1S/C18H29N3O4.ClH/c1-6-25-14-8-7-13(9-15(14)24-5)12(4)21-16(22)10-20-18(23)17(19)11(2)3;/h7-9,11-12,17H,6,10,19H2,1-5H3,(H,20,23)(H,21,22);1H/t12?,17-;/m0./s1. The van der Waals surface area contributed by atoms with E-state index < -0.39 is 6.04 Å². The van der Waals surface area contributed by atoms with Crippen molar-refractivity contribution in [2.45, 2.75) is 39.8 Å². The summed E-state index contributed by atoms with van der Waals surface area (Å²) < 4.78 is 10.8. The molecule has 26 heavy (non-hydrogen) atoms. The number of methoxy groups -OCH3 is 1. The molecule has 0 aliphatic rings. The molecule has 0 aliphatic carbocycles. The van der Waals surface area contributed by atoms with Gasteiger partial charge in [-0.3, -0.25) is 9.59 Å². The lowest BCUT2D eigenvalue weighted by atomic mass is 10.1. The molecule has 1 unspecified atom stereocenters. The molecule has 0 fully saturated rings. The average molecular weight is 388 g/mol. The minimum Gasteiger partial charge on any atom is -0.493 e. The highest BCUT2D eigenvalue weighted by Gasteiger charge is 2.18. The molecule has 0 radical (unpaired) electrons. The number of amides is 2. The molecular formula is C18H30ClN3O4. The SMILES string of the molecule is CCOc1ccc(C(C)NC(=O)CNC(=O)[C@@H](N)C(C)C)cc1OC.Cl. The van der Waals surface area contributed by atoms with Crippen LogP contribution >= 0.6 is 12.4 Å². The minimum atomic E-state index is -0.624. The summed E-state index contributed by atoms with van der Waals surface area (Å²) in [6.07, 6.45) is 0. The van der Waals surface area contributed by atoms with Crippen LogP contribution in [0.1, 0.15) is 39.3 Å². The molecule has 7 nitrogen and oxygen atoms in total. The van der Waals surface area contributed by atoms with Gasteiger partial charge >= 0.3 is 0 Å². The Kier molecular flexibility index (Phi) is 10.7. The fourth-order valence-electron chi connectivity index (χ4n) is 2.19. The summed E-state index contributed by atoms with van der Waals surface area (Å²) in [7, 11) is 1.57. The second-order valence-corrected chi connectivity index (χ2v) is 6.12. The zero-order chi connectivity index (χ0) is 19.0. The second kappa shape index (κ2) is 11.6. The molecule has 0 heterocycles. The van der Waals surface area contributed by atoms with Crippen LogP contribution in [0.15, 0.2) is 18.2 Å². The Morgan fingerprint density at radius 2 is 1.85 bits per heavy atom. The average Bonchev–Trinajstić information content (AvgIpc) is 2.59. The lowest BCUT2D eigenvalue weighted by molar-refractivity contribution is -0.127. The molecule has 0 saturated carbocycles. The number of halogens is 1. The summed E-state index contributed by atoms with van der Waals surface area (Å²) in [5.74, 6) is 0.655. The quantitative estimate of drug-likeness (QED) is 0.599. The maximum atomic E-state index is 12.0.